The number of hydrogen-bond acceptors (Lipinski definition) is 4. The highest BCUT2D eigenvalue weighted by Crippen LogP contribution is 2.27. The molecular weight excluding hydrogens is 330 g/mol. The Balaban J connectivity index is 1.70. The van der Waals surface area contributed by atoms with E-state index in [2.05, 4.69) is 14.0 Å². The Labute approximate surface area is 157 Å². The third-order valence-electron chi connectivity index (χ3n) is 4.84. The number of carbonyl (C=O) groups excluding carboxylic acids is 1. The van der Waals surface area contributed by atoms with Crippen molar-refractivity contribution in [3.8, 4) is 5.75 Å². The normalized spacial score (nSPS) is 23.0. The molecule has 0 aliphatic carbocycles. The fourth-order valence-corrected chi connectivity index (χ4v) is 3.35. The lowest BCUT2D eigenvalue weighted by Crippen LogP contribution is -2.54. The number of likely N-dealkylation sites (N-methyl/N-ethyl adjacent to an activating group) is 1. The maximum absolute atomic E-state index is 12.5. The first-order valence-corrected chi connectivity index (χ1v) is 9.54. The van der Waals surface area contributed by atoms with Gasteiger partial charge in [0, 0.05) is 12.8 Å². The number of likely N-dealkylation sites (tertiary alicyclic amines) is 1. The first kappa shape index (κ1) is 20.7. The Kier molecular flexibility index (Phi) is 7.07. The Hall–Kier alpha value is -1.59. The monoisotopic (exact) mass is 364 g/mol. The van der Waals surface area contributed by atoms with Crippen LogP contribution in [0.4, 0.5) is 0 Å². The number of carbonyl (C=O) groups is 1. The van der Waals surface area contributed by atoms with Crippen molar-refractivity contribution in [3.63, 3.8) is 0 Å². The number of ether oxygens (including phenoxy) is 3. The van der Waals surface area contributed by atoms with Crippen LogP contribution in [-0.4, -0.2) is 62.1 Å². The molecule has 0 spiro atoms. The van der Waals surface area contributed by atoms with Gasteiger partial charge < -0.3 is 18.7 Å². The summed E-state index contributed by atoms with van der Waals surface area (Å²) >= 11 is 0. The molecule has 1 fully saturated rings. The standard InChI is InChI=1S/C21H34NO4/c1-17-8-10-18(11-9-17)25-16-15-24-14-13-22(5)12-6-7-19(22)20(23)26-21(2,3)4/h8-11,19H,6-7,12-16H2,1-5H3/q+1. The molecule has 0 amide bonds. The minimum Gasteiger partial charge on any atom is -0.491 e. The molecule has 1 aromatic rings. The molecule has 2 rings (SSSR count). The van der Waals surface area contributed by atoms with Crippen molar-refractivity contribution >= 4 is 5.97 Å². The van der Waals surface area contributed by atoms with E-state index < -0.39 is 5.60 Å². The molecule has 2 unspecified atom stereocenters. The van der Waals surface area contributed by atoms with Crippen molar-refractivity contribution < 1.29 is 23.5 Å². The zero-order valence-electron chi connectivity index (χ0n) is 16.9. The van der Waals surface area contributed by atoms with E-state index in [4.69, 9.17) is 14.2 Å². The second kappa shape index (κ2) is 8.87. The number of quaternary nitrogens is 1. The zero-order valence-corrected chi connectivity index (χ0v) is 16.9. The molecule has 0 aromatic heterocycles. The van der Waals surface area contributed by atoms with Crippen molar-refractivity contribution in [2.45, 2.75) is 52.2 Å². The second-order valence-corrected chi connectivity index (χ2v) is 8.39. The smallest absolute Gasteiger partial charge is 0.365 e. The quantitative estimate of drug-likeness (QED) is 0.403. The average molecular weight is 365 g/mol. The highest BCUT2D eigenvalue weighted by molar-refractivity contribution is 5.75. The fourth-order valence-electron chi connectivity index (χ4n) is 3.35. The van der Waals surface area contributed by atoms with E-state index in [0.29, 0.717) is 24.3 Å². The molecule has 26 heavy (non-hydrogen) atoms. The van der Waals surface area contributed by atoms with Crippen molar-refractivity contribution in [1.82, 2.24) is 0 Å². The summed E-state index contributed by atoms with van der Waals surface area (Å²) in [6.45, 7) is 11.3. The van der Waals surface area contributed by atoms with Crippen LogP contribution in [0.15, 0.2) is 24.3 Å². The van der Waals surface area contributed by atoms with Gasteiger partial charge in [-0.05, 0) is 39.8 Å². The van der Waals surface area contributed by atoms with Crippen LogP contribution in [0.25, 0.3) is 0 Å². The van der Waals surface area contributed by atoms with Crippen LogP contribution < -0.4 is 4.74 Å². The SMILES string of the molecule is Cc1ccc(OCCOCC[N+]2(C)CCCC2C(=O)OC(C)(C)C)cc1. The van der Waals surface area contributed by atoms with Crippen LogP contribution in [-0.2, 0) is 14.3 Å². The van der Waals surface area contributed by atoms with Gasteiger partial charge in [0.2, 0.25) is 0 Å². The molecule has 0 N–H and O–H groups in total. The van der Waals surface area contributed by atoms with Crippen molar-refractivity contribution in [1.29, 1.82) is 0 Å². The molecule has 0 bridgehead atoms. The molecule has 1 heterocycles. The molecule has 5 heteroatoms. The summed E-state index contributed by atoms with van der Waals surface area (Å²) in [4.78, 5) is 12.5. The number of nitrogens with zero attached hydrogens (tertiary/aromatic N) is 1. The van der Waals surface area contributed by atoms with Gasteiger partial charge in [-0.2, -0.15) is 0 Å². The maximum Gasteiger partial charge on any atom is 0.365 e. The van der Waals surface area contributed by atoms with Crippen LogP contribution >= 0.6 is 0 Å². The van der Waals surface area contributed by atoms with E-state index in [1.54, 1.807) is 0 Å². The van der Waals surface area contributed by atoms with E-state index in [0.717, 1.165) is 31.7 Å². The Morgan fingerprint density at radius 2 is 1.85 bits per heavy atom. The minimum atomic E-state index is -0.436. The third kappa shape index (κ3) is 6.29. The zero-order chi connectivity index (χ0) is 19.2. The Morgan fingerprint density at radius 1 is 1.15 bits per heavy atom. The lowest BCUT2D eigenvalue weighted by Gasteiger charge is -2.35. The summed E-state index contributed by atoms with van der Waals surface area (Å²) in [6.07, 6.45) is 1.94. The molecular formula is C21H34NO4+. The van der Waals surface area contributed by atoms with Gasteiger partial charge in [0.1, 0.15) is 24.5 Å². The van der Waals surface area contributed by atoms with Gasteiger partial charge >= 0.3 is 5.97 Å². The first-order valence-electron chi connectivity index (χ1n) is 9.54. The third-order valence-corrected chi connectivity index (χ3v) is 4.84. The van der Waals surface area contributed by atoms with Crippen molar-refractivity contribution in [3.05, 3.63) is 29.8 Å². The van der Waals surface area contributed by atoms with Crippen molar-refractivity contribution in [2.75, 3.05) is 40.0 Å². The number of esters is 1. The van der Waals surface area contributed by atoms with Crippen LogP contribution in [0, 0.1) is 6.92 Å². The predicted molar refractivity (Wildman–Crippen MR) is 102 cm³/mol. The lowest BCUT2D eigenvalue weighted by atomic mass is 10.1. The van der Waals surface area contributed by atoms with Gasteiger partial charge in [0.15, 0.2) is 6.04 Å². The molecule has 5 nitrogen and oxygen atoms in total. The summed E-state index contributed by atoms with van der Waals surface area (Å²) in [5, 5.41) is 0. The summed E-state index contributed by atoms with van der Waals surface area (Å²) in [5.74, 6) is 0.780. The number of aryl methyl sites for hydroxylation is 1. The highest BCUT2D eigenvalue weighted by atomic mass is 16.6. The molecule has 1 aromatic carbocycles. The molecule has 1 aliphatic heterocycles. The molecule has 146 valence electrons. The van der Waals surface area contributed by atoms with Crippen LogP contribution in [0.1, 0.15) is 39.2 Å². The Bertz CT molecular complexity index is 579. The van der Waals surface area contributed by atoms with Gasteiger partial charge in [-0.3, -0.25) is 0 Å². The first-order chi connectivity index (χ1) is 12.2. The molecule has 1 saturated heterocycles. The van der Waals surface area contributed by atoms with Gasteiger partial charge in [-0.1, -0.05) is 17.7 Å². The van der Waals surface area contributed by atoms with Gasteiger partial charge in [0.05, 0.1) is 26.8 Å². The summed E-state index contributed by atoms with van der Waals surface area (Å²) in [6, 6.07) is 7.92. The van der Waals surface area contributed by atoms with Crippen LogP contribution in [0.5, 0.6) is 5.75 Å². The molecule has 0 radical (unpaired) electrons. The van der Waals surface area contributed by atoms with Crippen LogP contribution in [0.3, 0.4) is 0 Å². The maximum atomic E-state index is 12.5. The van der Waals surface area contributed by atoms with E-state index in [1.165, 1.54) is 5.56 Å². The molecule has 0 saturated carbocycles. The summed E-state index contributed by atoms with van der Waals surface area (Å²) in [5.41, 5.74) is 0.782. The largest absolute Gasteiger partial charge is 0.491 e. The fraction of sp³-hybridized carbons (Fsp3) is 0.667. The highest BCUT2D eigenvalue weighted by Gasteiger charge is 2.44. The average Bonchev–Trinajstić information content (AvgIpc) is 2.93. The van der Waals surface area contributed by atoms with E-state index in [1.807, 2.05) is 45.0 Å². The number of rotatable bonds is 8. The second-order valence-electron chi connectivity index (χ2n) is 8.39. The van der Waals surface area contributed by atoms with Gasteiger partial charge in [-0.15, -0.1) is 0 Å². The lowest BCUT2D eigenvalue weighted by molar-refractivity contribution is -0.913. The van der Waals surface area contributed by atoms with Crippen molar-refractivity contribution in [2.24, 2.45) is 0 Å². The number of hydrogen-bond donors (Lipinski definition) is 0. The minimum absolute atomic E-state index is 0.0818. The summed E-state index contributed by atoms with van der Waals surface area (Å²) < 4.78 is 17.7. The topological polar surface area (TPSA) is 44.8 Å². The molecule has 1 aliphatic rings. The molecule has 2 atom stereocenters. The number of benzene rings is 1. The Morgan fingerprint density at radius 3 is 2.50 bits per heavy atom. The van der Waals surface area contributed by atoms with E-state index in [-0.39, 0.29) is 12.0 Å². The summed E-state index contributed by atoms with van der Waals surface area (Å²) in [7, 11) is 2.13. The van der Waals surface area contributed by atoms with E-state index in [9.17, 15) is 4.79 Å². The predicted octanol–water partition coefficient (Wildman–Crippen LogP) is 3.34. The van der Waals surface area contributed by atoms with Gasteiger partial charge in [0.25, 0.3) is 0 Å². The van der Waals surface area contributed by atoms with Crippen LogP contribution in [0.2, 0.25) is 0 Å². The van der Waals surface area contributed by atoms with Gasteiger partial charge in [-0.25, -0.2) is 4.79 Å². The van der Waals surface area contributed by atoms with E-state index >= 15 is 0 Å².